The van der Waals surface area contributed by atoms with Gasteiger partial charge in [0.2, 0.25) is 0 Å². The van der Waals surface area contributed by atoms with Gasteiger partial charge in [-0.25, -0.2) is 0 Å². The summed E-state index contributed by atoms with van der Waals surface area (Å²) in [5.74, 6) is 1.16. The van der Waals surface area contributed by atoms with Crippen LogP contribution in [0.5, 0.6) is 0 Å². The Balaban J connectivity index is 0.00000338. The topological polar surface area (TPSA) is 62.9 Å². The van der Waals surface area contributed by atoms with E-state index >= 15 is 0 Å². The van der Waals surface area contributed by atoms with E-state index in [9.17, 15) is 0 Å². The largest absolute Gasteiger partial charge is 0.380 e. The SMILES string of the molecule is CCC(CC)C(CN=C(N)Nc1ccccc1COC)N1CCCC1.I. The van der Waals surface area contributed by atoms with Crippen molar-refractivity contribution in [3.05, 3.63) is 29.8 Å². The zero-order valence-electron chi connectivity index (χ0n) is 16.4. The molecule has 1 aromatic carbocycles. The molecule has 1 atom stereocenters. The lowest BCUT2D eigenvalue weighted by Gasteiger charge is -2.32. The minimum atomic E-state index is 0. The lowest BCUT2D eigenvalue weighted by atomic mass is 9.93. The van der Waals surface area contributed by atoms with E-state index in [1.807, 2.05) is 24.3 Å². The molecule has 0 radical (unpaired) electrons. The number of likely N-dealkylation sites (tertiary alicyclic amines) is 1. The smallest absolute Gasteiger partial charge is 0.193 e. The second kappa shape index (κ2) is 12.5. The monoisotopic (exact) mass is 474 g/mol. The van der Waals surface area contributed by atoms with Crippen LogP contribution in [0.2, 0.25) is 0 Å². The van der Waals surface area contributed by atoms with E-state index in [1.54, 1.807) is 7.11 Å². The number of hydrogen-bond donors (Lipinski definition) is 2. The van der Waals surface area contributed by atoms with E-state index in [1.165, 1.54) is 38.8 Å². The van der Waals surface area contributed by atoms with Crippen molar-refractivity contribution < 1.29 is 4.74 Å². The van der Waals surface area contributed by atoms with Crippen molar-refractivity contribution in [3.8, 4) is 0 Å². The normalized spacial score (nSPS) is 16.5. The van der Waals surface area contributed by atoms with E-state index in [-0.39, 0.29) is 24.0 Å². The number of benzene rings is 1. The van der Waals surface area contributed by atoms with Gasteiger partial charge in [-0.15, -0.1) is 24.0 Å². The molecule has 0 aliphatic carbocycles. The summed E-state index contributed by atoms with van der Waals surface area (Å²) in [4.78, 5) is 7.29. The van der Waals surface area contributed by atoms with Crippen LogP contribution in [0, 0.1) is 5.92 Å². The first-order valence-electron chi connectivity index (χ1n) is 9.57. The molecule has 0 amide bonds. The number of rotatable bonds is 9. The summed E-state index contributed by atoms with van der Waals surface area (Å²) in [5.41, 5.74) is 8.23. The Morgan fingerprint density at radius 2 is 1.88 bits per heavy atom. The quantitative estimate of drug-likeness (QED) is 0.322. The van der Waals surface area contributed by atoms with E-state index in [0.717, 1.165) is 17.8 Å². The molecule has 6 heteroatoms. The van der Waals surface area contributed by atoms with Gasteiger partial charge in [0.05, 0.1) is 13.2 Å². The van der Waals surface area contributed by atoms with Gasteiger partial charge in [-0.05, 0) is 37.9 Å². The second-order valence-electron chi connectivity index (χ2n) is 6.83. The fourth-order valence-electron chi connectivity index (χ4n) is 3.76. The number of aliphatic imine (C=N–C) groups is 1. The number of nitrogens with zero attached hydrogens (tertiary/aromatic N) is 2. The second-order valence-corrected chi connectivity index (χ2v) is 6.83. The number of hydrogen-bond acceptors (Lipinski definition) is 3. The molecule has 26 heavy (non-hydrogen) atoms. The van der Waals surface area contributed by atoms with Gasteiger partial charge in [0.15, 0.2) is 5.96 Å². The summed E-state index contributed by atoms with van der Waals surface area (Å²) in [6, 6.07) is 8.54. The number of para-hydroxylation sites is 1. The van der Waals surface area contributed by atoms with Crippen molar-refractivity contribution in [1.29, 1.82) is 0 Å². The minimum absolute atomic E-state index is 0. The molecule has 5 nitrogen and oxygen atoms in total. The first-order chi connectivity index (χ1) is 12.2. The van der Waals surface area contributed by atoms with Crippen LogP contribution in [0.15, 0.2) is 29.3 Å². The molecule has 1 fully saturated rings. The molecule has 3 N–H and O–H groups in total. The highest BCUT2D eigenvalue weighted by atomic mass is 127. The highest BCUT2D eigenvalue weighted by Gasteiger charge is 2.27. The third-order valence-electron chi connectivity index (χ3n) is 5.23. The van der Waals surface area contributed by atoms with Crippen LogP contribution < -0.4 is 11.1 Å². The van der Waals surface area contributed by atoms with Crippen molar-refractivity contribution in [3.63, 3.8) is 0 Å². The number of ether oxygens (including phenoxy) is 1. The zero-order valence-corrected chi connectivity index (χ0v) is 18.7. The fraction of sp³-hybridized carbons (Fsp3) is 0.650. The molecule has 0 saturated carbocycles. The number of guanidine groups is 1. The number of nitrogens with one attached hydrogen (secondary N) is 1. The van der Waals surface area contributed by atoms with E-state index in [4.69, 9.17) is 10.5 Å². The molecule has 1 aliphatic rings. The van der Waals surface area contributed by atoms with E-state index in [0.29, 0.717) is 24.5 Å². The fourth-order valence-corrected chi connectivity index (χ4v) is 3.76. The predicted molar refractivity (Wildman–Crippen MR) is 121 cm³/mol. The molecule has 148 valence electrons. The predicted octanol–water partition coefficient (Wildman–Crippen LogP) is 4.08. The Morgan fingerprint density at radius 3 is 2.50 bits per heavy atom. The van der Waals surface area contributed by atoms with Crippen LogP contribution in [0.3, 0.4) is 0 Å². The molecule has 1 heterocycles. The summed E-state index contributed by atoms with van der Waals surface area (Å²) < 4.78 is 5.25. The molecular weight excluding hydrogens is 439 g/mol. The molecular formula is C20H35IN4O. The Bertz CT molecular complexity index is 540. The van der Waals surface area contributed by atoms with Crippen LogP contribution in [0.1, 0.15) is 45.1 Å². The van der Waals surface area contributed by atoms with Crippen molar-refractivity contribution in [2.75, 3.05) is 32.1 Å². The number of halogens is 1. The van der Waals surface area contributed by atoms with Crippen LogP contribution in [-0.4, -0.2) is 43.6 Å². The van der Waals surface area contributed by atoms with Crippen molar-refractivity contribution in [2.24, 2.45) is 16.6 Å². The molecule has 0 bridgehead atoms. The maximum Gasteiger partial charge on any atom is 0.193 e. The van der Waals surface area contributed by atoms with E-state index < -0.39 is 0 Å². The van der Waals surface area contributed by atoms with Crippen molar-refractivity contribution >= 4 is 35.6 Å². The third-order valence-corrected chi connectivity index (χ3v) is 5.23. The minimum Gasteiger partial charge on any atom is -0.380 e. The Hall–Kier alpha value is -0.860. The van der Waals surface area contributed by atoms with Gasteiger partial charge in [-0.2, -0.15) is 0 Å². The van der Waals surface area contributed by atoms with Crippen molar-refractivity contribution in [1.82, 2.24) is 4.90 Å². The lowest BCUT2D eigenvalue weighted by molar-refractivity contribution is 0.172. The van der Waals surface area contributed by atoms with Gasteiger partial charge in [0.25, 0.3) is 0 Å². The average Bonchev–Trinajstić information content (AvgIpc) is 3.15. The third kappa shape index (κ3) is 6.70. The van der Waals surface area contributed by atoms with Crippen molar-refractivity contribution in [2.45, 2.75) is 52.2 Å². The zero-order chi connectivity index (χ0) is 18.1. The van der Waals surface area contributed by atoms with Crippen LogP contribution in [-0.2, 0) is 11.3 Å². The number of methoxy groups -OCH3 is 1. The van der Waals surface area contributed by atoms with Crippen LogP contribution in [0.4, 0.5) is 5.69 Å². The van der Waals surface area contributed by atoms with Crippen LogP contribution in [0.25, 0.3) is 0 Å². The Morgan fingerprint density at radius 1 is 1.23 bits per heavy atom. The number of anilines is 1. The highest BCUT2D eigenvalue weighted by Crippen LogP contribution is 2.23. The summed E-state index contributed by atoms with van der Waals surface area (Å²) in [6.07, 6.45) is 4.99. The standard InChI is InChI=1S/C20H34N4O.HI/c1-4-16(5-2)19(24-12-8-9-13-24)14-22-20(21)23-18-11-7-6-10-17(18)15-25-3;/h6-7,10-11,16,19H,4-5,8-9,12-15H2,1-3H3,(H3,21,22,23);1H. The maximum absolute atomic E-state index is 6.18. The molecule has 1 saturated heterocycles. The molecule has 0 aromatic heterocycles. The molecule has 1 unspecified atom stereocenters. The van der Waals surface area contributed by atoms with E-state index in [2.05, 4.69) is 29.1 Å². The Kier molecular flexibility index (Phi) is 11.2. The summed E-state index contributed by atoms with van der Waals surface area (Å²) in [6.45, 7) is 8.27. The molecule has 1 aliphatic heterocycles. The Labute approximate surface area is 175 Å². The first kappa shape index (κ1) is 23.2. The number of nitrogens with two attached hydrogens (primary N) is 1. The maximum atomic E-state index is 6.18. The lowest BCUT2D eigenvalue weighted by Crippen LogP contribution is -2.41. The van der Waals surface area contributed by atoms with Gasteiger partial charge in [-0.3, -0.25) is 9.89 Å². The summed E-state index contributed by atoms with van der Waals surface area (Å²) in [7, 11) is 1.70. The van der Waals surface area contributed by atoms with Gasteiger partial charge < -0.3 is 15.8 Å². The highest BCUT2D eigenvalue weighted by molar-refractivity contribution is 14.0. The van der Waals surface area contributed by atoms with Gasteiger partial charge in [-0.1, -0.05) is 44.9 Å². The summed E-state index contributed by atoms with van der Waals surface area (Å²) in [5, 5.41) is 3.25. The first-order valence-corrected chi connectivity index (χ1v) is 9.57. The summed E-state index contributed by atoms with van der Waals surface area (Å²) >= 11 is 0. The van der Waals surface area contributed by atoms with Gasteiger partial charge >= 0.3 is 0 Å². The van der Waals surface area contributed by atoms with Gasteiger partial charge in [0, 0.05) is 24.4 Å². The molecule has 0 spiro atoms. The van der Waals surface area contributed by atoms with Gasteiger partial charge in [0.1, 0.15) is 0 Å². The molecule has 2 rings (SSSR count). The molecule has 1 aromatic rings. The van der Waals surface area contributed by atoms with Crippen LogP contribution >= 0.6 is 24.0 Å². The average molecular weight is 474 g/mol.